The molecule has 3 aromatic heterocycles. The number of anilines is 2. The number of hydrogen-bond acceptors (Lipinski definition) is 5. The van der Waals surface area contributed by atoms with Crippen LogP contribution in [0.15, 0.2) is 48.8 Å². The van der Waals surface area contributed by atoms with Crippen LogP contribution in [-0.4, -0.2) is 37.7 Å². The average molecular weight is 362 g/mol. The lowest BCUT2D eigenvalue weighted by atomic mass is 9.91. The molecule has 6 nitrogen and oxygen atoms in total. The number of nitrogens with one attached hydrogen (secondary N) is 1. The fraction of sp³-hybridized carbons (Fsp3) is 0.381. The van der Waals surface area contributed by atoms with E-state index in [0.29, 0.717) is 5.92 Å². The van der Waals surface area contributed by atoms with E-state index in [9.17, 15) is 0 Å². The second kappa shape index (κ2) is 7.88. The standard InChI is InChI=1S/C21H26N6/c1-16-5-3-7-20(24-16)25-21-13-17(8-10-22-21)18-6-4-12-27(14-18)15-19-9-11-23-26(19)2/h3,5,7-11,13,18H,4,6,12,14-15H2,1-2H3,(H,22,24,25)/t18-/m0/s1. The normalized spacial score (nSPS) is 17.8. The maximum absolute atomic E-state index is 4.51. The van der Waals surface area contributed by atoms with E-state index in [1.165, 1.54) is 24.1 Å². The molecule has 0 bridgehead atoms. The van der Waals surface area contributed by atoms with Crippen molar-refractivity contribution in [3.05, 3.63) is 65.7 Å². The summed E-state index contributed by atoms with van der Waals surface area (Å²) in [6.07, 6.45) is 6.20. The highest BCUT2D eigenvalue weighted by atomic mass is 15.3. The van der Waals surface area contributed by atoms with Gasteiger partial charge in [0.15, 0.2) is 0 Å². The van der Waals surface area contributed by atoms with Crippen LogP contribution in [0.2, 0.25) is 0 Å². The topological polar surface area (TPSA) is 58.9 Å². The third-order valence-corrected chi connectivity index (χ3v) is 5.21. The quantitative estimate of drug-likeness (QED) is 0.751. The summed E-state index contributed by atoms with van der Waals surface area (Å²) in [5.41, 5.74) is 3.60. The number of aromatic nitrogens is 4. The number of aryl methyl sites for hydroxylation is 2. The number of rotatable bonds is 5. The third kappa shape index (κ3) is 4.34. The molecular formula is C21H26N6. The van der Waals surface area contributed by atoms with Gasteiger partial charge in [0.25, 0.3) is 0 Å². The van der Waals surface area contributed by atoms with Gasteiger partial charge in [-0.05, 0) is 68.1 Å². The Labute approximate surface area is 160 Å². The molecule has 27 heavy (non-hydrogen) atoms. The Hall–Kier alpha value is -2.73. The molecule has 4 heterocycles. The third-order valence-electron chi connectivity index (χ3n) is 5.21. The van der Waals surface area contributed by atoms with Gasteiger partial charge in [0.05, 0.1) is 5.69 Å². The molecule has 0 saturated carbocycles. The predicted molar refractivity (Wildman–Crippen MR) is 107 cm³/mol. The number of piperidine rings is 1. The Morgan fingerprint density at radius 3 is 2.89 bits per heavy atom. The summed E-state index contributed by atoms with van der Waals surface area (Å²) in [6.45, 7) is 5.16. The van der Waals surface area contributed by atoms with E-state index in [1.54, 1.807) is 0 Å². The van der Waals surface area contributed by atoms with E-state index in [2.05, 4.69) is 43.5 Å². The molecular weight excluding hydrogens is 336 g/mol. The summed E-state index contributed by atoms with van der Waals surface area (Å²) in [6, 6.07) is 12.4. The van der Waals surface area contributed by atoms with Gasteiger partial charge in [-0.15, -0.1) is 0 Å². The predicted octanol–water partition coefficient (Wildman–Crippen LogP) is 3.64. The van der Waals surface area contributed by atoms with Gasteiger partial charge in [-0.25, -0.2) is 9.97 Å². The smallest absolute Gasteiger partial charge is 0.131 e. The Kier molecular flexibility index (Phi) is 5.16. The summed E-state index contributed by atoms with van der Waals surface area (Å²) < 4.78 is 1.97. The highest BCUT2D eigenvalue weighted by Crippen LogP contribution is 2.29. The first-order valence-corrected chi connectivity index (χ1v) is 9.53. The molecule has 6 heteroatoms. The first-order chi connectivity index (χ1) is 13.2. The molecule has 1 aliphatic heterocycles. The van der Waals surface area contributed by atoms with Crippen LogP contribution >= 0.6 is 0 Å². The van der Waals surface area contributed by atoms with Gasteiger partial charge in [0, 0.05) is 38.2 Å². The van der Waals surface area contributed by atoms with Gasteiger partial charge in [-0.1, -0.05) is 6.07 Å². The van der Waals surface area contributed by atoms with Gasteiger partial charge in [-0.2, -0.15) is 5.10 Å². The lowest BCUT2D eigenvalue weighted by molar-refractivity contribution is 0.196. The molecule has 1 atom stereocenters. The lowest BCUT2D eigenvalue weighted by Gasteiger charge is -2.33. The number of nitrogens with zero attached hydrogens (tertiary/aromatic N) is 5. The Balaban J connectivity index is 1.45. The summed E-state index contributed by atoms with van der Waals surface area (Å²) in [5, 5.41) is 7.62. The van der Waals surface area contributed by atoms with Crippen LogP contribution in [0, 0.1) is 6.92 Å². The van der Waals surface area contributed by atoms with Crippen molar-refractivity contribution in [2.45, 2.75) is 32.2 Å². The number of likely N-dealkylation sites (tertiary alicyclic amines) is 1. The van der Waals surface area contributed by atoms with Crippen molar-refractivity contribution in [2.24, 2.45) is 7.05 Å². The molecule has 0 radical (unpaired) electrons. The molecule has 4 rings (SSSR count). The zero-order valence-electron chi connectivity index (χ0n) is 16.0. The minimum absolute atomic E-state index is 0.529. The molecule has 0 unspecified atom stereocenters. The van der Waals surface area contributed by atoms with Crippen molar-refractivity contribution in [3.63, 3.8) is 0 Å². The Morgan fingerprint density at radius 1 is 1.15 bits per heavy atom. The average Bonchev–Trinajstić information content (AvgIpc) is 3.07. The van der Waals surface area contributed by atoms with Crippen molar-refractivity contribution in [1.82, 2.24) is 24.6 Å². The van der Waals surface area contributed by atoms with E-state index in [0.717, 1.165) is 37.0 Å². The zero-order valence-corrected chi connectivity index (χ0v) is 16.0. The molecule has 0 aliphatic carbocycles. The maximum Gasteiger partial charge on any atom is 0.131 e. The lowest BCUT2D eigenvalue weighted by Crippen LogP contribution is -2.34. The summed E-state index contributed by atoms with van der Waals surface area (Å²) >= 11 is 0. The first kappa shape index (κ1) is 17.7. The minimum atomic E-state index is 0.529. The van der Waals surface area contributed by atoms with E-state index >= 15 is 0 Å². The molecule has 1 saturated heterocycles. The highest BCUT2D eigenvalue weighted by Gasteiger charge is 2.22. The maximum atomic E-state index is 4.51. The van der Waals surface area contributed by atoms with Crippen LogP contribution in [0.1, 0.15) is 35.7 Å². The van der Waals surface area contributed by atoms with Gasteiger partial charge in [-0.3, -0.25) is 9.58 Å². The van der Waals surface area contributed by atoms with Gasteiger partial charge in [0.2, 0.25) is 0 Å². The highest BCUT2D eigenvalue weighted by molar-refractivity contribution is 5.52. The van der Waals surface area contributed by atoms with Crippen molar-refractivity contribution in [1.29, 1.82) is 0 Å². The van der Waals surface area contributed by atoms with Crippen LogP contribution in [0.3, 0.4) is 0 Å². The van der Waals surface area contributed by atoms with Crippen LogP contribution in [0.25, 0.3) is 0 Å². The Morgan fingerprint density at radius 2 is 2.07 bits per heavy atom. The van der Waals surface area contributed by atoms with E-state index in [-0.39, 0.29) is 0 Å². The van der Waals surface area contributed by atoms with Crippen LogP contribution in [0.4, 0.5) is 11.6 Å². The molecule has 0 spiro atoms. The fourth-order valence-electron chi connectivity index (χ4n) is 3.77. The summed E-state index contributed by atoms with van der Waals surface area (Å²) in [5.74, 6) is 2.22. The molecule has 0 amide bonds. The van der Waals surface area contributed by atoms with E-state index in [4.69, 9.17) is 0 Å². The molecule has 1 fully saturated rings. The molecule has 0 aromatic carbocycles. The monoisotopic (exact) mass is 362 g/mol. The van der Waals surface area contributed by atoms with Crippen molar-refractivity contribution >= 4 is 11.6 Å². The fourth-order valence-corrected chi connectivity index (χ4v) is 3.77. The van der Waals surface area contributed by atoms with Gasteiger partial charge in [0.1, 0.15) is 11.6 Å². The second-order valence-corrected chi connectivity index (χ2v) is 7.28. The second-order valence-electron chi connectivity index (χ2n) is 7.28. The largest absolute Gasteiger partial charge is 0.325 e. The van der Waals surface area contributed by atoms with E-state index < -0.39 is 0 Å². The van der Waals surface area contributed by atoms with Crippen LogP contribution in [0.5, 0.6) is 0 Å². The summed E-state index contributed by atoms with van der Waals surface area (Å²) in [4.78, 5) is 11.5. The number of hydrogen-bond donors (Lipinski definition) is 1. The van der Waals surface area contributed by atoms with E-state index in [1.807, 2.05) is 49.2 Å². The van der Waals surface area contributed by atoms with Crippen LogP contribution < -0.4 is 5.32 Å². The molecule has 3 aromatic rings. The first-order valence-electron chi connectivity index (χ1n) is 9.53. The van der Waals surface area contributed by atoms with Crippen molar-refractivity contribution in [2.75, 3.05) is 18.4 Å². The molecule has 1 N–H and O–H groups in total. The Bertz CT molecular complexity index is 903. The van der Waals surface area contributed by atoms with Crippen LogP contribution in [-0.2, 0) is 13.6 Å². The van der Waals surface area contributed by atoms with Gasteiger partial charge < -0.3 is 5.32 Å². The van der Waals surface area contributed by atoms with Crippen molar-refractivity contribution < 1.29 is 0 Å². The zero-order chi connectivity index (χ0) is 18.6. The molecule has 140 valence electrons. The van der Waals surface area contributed by atoms with Gasteiger partial charge >= 0.3 is 0 Å². The minimum Gasteiger partial charge on any atom is -0.325 e. The summed E-state index contributed by atoms with van der Waals surface area (Å²) in [7, 11) is 2.01. The SMILES string of the molecule is Cc1cccc(Nc2cc([C@H]3CCCN(Cc4ccnn4C)C3)ccn2)n1. The molecule has 1 aliphatic rings. The number of pyridine rings is 2. The van der Waals surface area contributed by atoms with Crippen molar-refractivity contribution in [3.8, 4) is 0 Å².